The predicted octanol–water partition coefficient (Wildman–Crippen LogP) is 4.37. The highest BCUT2D eigenvalue weighted by Crippen LogP contribution is 2.17. The van der Waals surface area contributed by atoms with Crippen molar-refractivity contribution in [1.29, 1.82) is 0 Å². The molecule has 0 radical (unpaired) electrons. The molecule has 0 aliphatic rings. The molecule has 0 heterocycles. The average Bonchev–Trinajstić information content (AvgIpc) is 2.48. The normalized spacial score (nSPS) is 11.0. The topological polar surface area (TPSA) is 80.3 Å². The summed E-state index contributed by atoms with van der Waals surface area (Å²) in [6.07, 6.45) is 0. The van der Waals surface area contributed by atoms with Gasteiger partial charge in [-0.2, -0.15) is 0 Å². The highest BCUT2D eigenvalue weighted by molar-refractivity contribution is 9.10. The first kappa shape index (κ1) is 23.5. The molecule has 0 atom stereocenters. The number of rotatable bonds is 3. The number of hydrogen-bond acceptors (Lipinski definition) is 4. The van der Waals surface area contributed by atoms with Crippen LogP contribution in [0.4, 0.5) is 0 Å². The minimum atomic E-state index is -3.57. The SMILES string of the molecule is C.CNS(=O)(=O)c1ccc(Br)cc1.O=S(=O)(Cl)c1ccc(Br)cc1. The molecule has 2 aromatic rings. The van der Waals surface area contributed by atoms with Gasteiger partial charge in [0.1, 0.15) is 0 Å². The van der Waals surface area contributed by atoms with Crippen LogP contribution in [-0.2, 0) is 19.1 Å². The second kappa shape index (κ2) is 9.88. The van der Waals surface area contributed by atoms with Crippen molar-refractivity contribution in [2.24, 2.45) is 0 Å². The van der Waals surface area contributed by atoms with Crippen molar-refractivity contribution >= 4 is 61.6 Å². The first-order valence-corrected chi connectivity index (χ1v) is 11.3. The summed E-state index contributed by atoms with van der Waals surface area (Å²) >= 11 is 6.39. The zero-order valence-corrected chi connectivity index (χ0v) is 17.3. The van der Waals surface area contributed by atoms with Crippen LogP contribution in [0.3, 0.4) is 0 Å². The zero-order chi connectivity index (χ0) is 17.7. The first-order valence-electron chi connectivity index (χ1n) is 5.95. The number of hydrogen-bond donors (Lipinski definition) is 1. The molecule has 24 heavy (non-hydrogen) atoms. The monoisotopic (exact) mass is 519 g/mol. The van der Waals surface area contributed by atoms with E-state index in [-0.39, 0.29) is 17.2 Å². The molecule has 0 aromatic heterocycles. The molecular formula is C14H16Br2ClNO4S2. The summed E-state index contributed by atoms with van der Waals surface area (Å²) in [4.78, 5) is 0.385. The van der Waals surface area contributed by atoms with Crippen molar-refractivity contribution in [1.82, 2.24) is 4.72 Å². The molecule has 5 nitrogen and oxygen atoms in total. The van der Waals surface area contributed by atoms with Gasteiger partial charge in [0.25, 0.3) is 9.05 Å². The van der Waals surface area contributed by atoms with Crippen LogP contribution in [0.25, 0.3) is 0 Å². The fourth-order valence-corrected chi connectivity index (χ4v) is 3.36. The summed E-state index contributed by atoms with van der Waals surface area (Å²) < 4.78 is 47.7. The predicted molar refractivity (Wildman–Crippen MR) is 104 cm³/mol. The van der Waals surface area contributed by atoms with E-state index in [0.29, 0.717) is 0 Å². The third kappa shape index (κ3) is 7.62. The number of benzene rings is 2. The smallest absolute Gasteiger partial charge is 0.214 e. The minimum Gasteiger partial charge on any atom is -0.214 e. The van der Waals surface area contributed by atoms with E-state index in [1.54, 1.807) is 24.3 Å². The van der Waals surface area contributed by atoms with Crippen LogP contribution in [0, 0.1) is 0 Å². The second-order valence-electron chi connectivity index (χ2n) is 4.05. The van der Waals surface area contributed by atoms with Gasteiger partial charge in [-0.3, -0.25) is 0 Å². The van der Waals surface area contributed by atoms with Gasteiger partial charge in [0.15, 0.2) is 0 Å². The number of halogens is 3. The lowest BCUT2D eigenvalue weighted by molar-refractivity contribution is 0.588. The van der Waals surface area contributed by atoms with Gasteiger partial charge in [0, 0.05) is 19.6 Å². The maximum atomic E-state index is 11.2. The Labute approximate surface area is 164 Å². The van der Waals surface area contributed by atoms with E-state index < -0.39 is 19.1 Å². The Morgan fingerprint density at radius 3 is 1.42 bits per heavy atom. The van der Waals surface area contributed by atoms with Gasteiger partial charge in [-0.1, -0.05) is 39.3 Å². The van der Waals surface area contributed by atoms with Crippen LogP contribution in [-0.4, -0.2) is 23.9 Å². The third-order valence-corrected chi connectivity index (χ3v) is 6.35. The fourth-order valence-electron chi connectivity index (χ4n) is 1.33. The standard InChI is InChI=1S/C7H8BrNO2S.C6H4BrClO2S.CH4/c1-9-12(10,11)7-4-2-6(8)3-5-7;7-5-1-3-6(4-2-5)11(8,9)10;/h2-5,9H,1H3;1-4H;1H4. The molecule has 10 heteroatoms. The van der Waals surface area contributed by atoms with E-state index in [1.807, 2.05) is 0 Å². The molecular weight excluding hydrogens is 506 g/mol. The van der Waals surface area contributed by atoms with Crippen LogP contribution in [0.5, 0.6) is 0 Å². The van der Waals surface area contributed by atoms with Crippen molar-refractivity contribution in [3.8, 4) is 0 Å². The fraction of sp³-hybridized carbons (Fsp3) is 0.143. The second-order valence-corrected chi connectivity index (χ2v) is 10.3. The quantitative estimate of drug-likeness (QED) is 0.609. The van der Waals surface area contributed by atoms with E-state index >= 15 is 0 Å². The Morgan fingerprint density at radius 1 is 0.792 bits per heavy atom. The Kier molecular flexibility index (Phi) is 9.70. The first-order chi connectivity index (χ1) is 10.6. The van der Waals surface area contributed by atoms with Crippen LogP contribution >= 0.6 is 42.5 Å². The molecule has 0 bridgehead atoms. The molecule has 2 aromatic carbocycles. The molecule has 0 amide bonds. The molecule has 0 aliphatic heterocycles. The third-order valence-electron chi connectivity index (χ3n) is 2.49. The summed E-state index contributed by atoms with van der Waals surface area (Å²) in [7, 11) is -0.400. The van der Waals surface area contributed by atoms with Crippen molar-refractivity contribution in [3.63, 3.8) is 0 Å². The summed E-state index contributed by atoms with van der Waals surface area (Å²) in [5, 5.41) is 0. The van der Waals surface area contributed by atoms with Gasteiger partial charge >= 0.3 is 0 Å². The molecule has 0 saturated carbocycles. The van der Waals surface area contributed by atoms with Crippen LogP contribution in [0.2, 0.25) is 0 Å². The lowest BCUT2D eigenvalue weighted by Crippen LogP contribution is -2.18. The van der Waals surface area contributed by atoms with Crippen LogP contribution < -0.4 is 4.72 Å². The van der Waals surface area contributed by atoms with Gasteiger partial charge < -0.3 is 0 Å². The lowest BCUT2D eigenvalue weighted by Gasteiger charge is -2.00. The molecule has 0 unspecified atom stereocenters. The lowest BCUT2D eigenvalue weighted by atomic mass is 10.4. The van der Waals surface area contributed by atoms with Crippen molar-refractivity contribution in [2.45, 2.75) is 17.2 Å². The molecule has 0 aliphatic carbocycles. The van der Waals surface area contributed by atoms with Gasteiger partial charge in [-0.15, -0.1) is 0 Å². The van der Waals surface area contributed by atoms with Gasteiger partial charge in [-0.25, -0.2) is 21.6 Å². The maximum absolute atomic E-state index is 11.2. The Balaban J connectivity index is 0.000000425. The van der Waals surface area contributed by atoms with E-state index in [4.69, 9.17) is 10.7 Å². The molecule has 0 spiro atoms. The van der Waals surface area contributed by atoms with E-state index in [2.05, 4.69) is 36.6 Å². The Morgan fingerprint density at radius 2 is 1.12 bits per heavy atom. The van der Waals surface area contributed by atoms with Gasteiger partial charge in [0.2, 0.25) is 10.0 Å². The largest absolute Gasteiger partial charge is 0.261 e. The maximum Gasteiger partial charge on any atom is 0.261 e. The highest BCUT2D eigenvalue weighted by Gasteiger charge is 2.09. The number of sulfonamides is 1. The highest BCUT2D eigenvalue weighted by atomic mass is 79.9. The van der Waals surface area contributed by atoms with Crippen molar-refractivity contribution in [2.75, 3.05) is 7.05 Å². The Hall–Kier alpha value is -0.450. The van der Waals surface area contributed by atoms with Gasteiger partial charge in [-0.05, 0) is 55.6 Å². The molecule has 134 valence electrons. The van der Waals surface area contributed by atoms with Crippen LogP contribution in [0.15, 0.2) is 67.3 Å². The van der Waals surface area contributed by atoms with E-state index in [0.717, 1.165) is 8.95 Å². The van der Waals surface area contributed by atoms with E-state index in [1.165, 1.54) is 31.3 Å². The van der Waals surface area contributed by atoms with Crippen LogP contribution in [0.1, 0.15) is 7.43 Å². The number of nitrogens with one attached hydrogen (secondary N) is 1. The summed E-state index contributed by atoms with van der Waals surface area (Å²) in [6, 6.07) is 12.6. The molecule has 0 fully saturated rings. The molecule has 0 saturated heterocycles. The molecule has 1 N–H and O–H groups in total. The summed E-state index contributed by atoms with van der Waals surface area (Å²) in [5.41, 5.74) is 0. The van der Waals surface area contributed by atoms with Crippen molar-refractivity contribution in [3.05, 3.63) is 57.5 Å². The summed E-state index contributed by atoms with van der Waals surface area (Å²) in [6.45, 7) is 0. The summed E-state index contributed by atoms with van der Waals surface area (Å²) in [5.74, 6) is 0. The molecule has 2 rings (SSSR count). The Bertz CT molecular complexity index is 853. The minimum absolute atomic E-state index is 0. The van der Waals surface area contributed by atoms with E-state index in [9.17, 15) is 16.8 Å². The van der Waals surface area contributed by atoms with Crippen molar-refractivity contribution < 1.29 is 16.8 Å². The average molecular weight is 522 g/mol. The van der Waals surface area contributed by atoms with Gasteiger partial charge in [0.05, 0.1) is 9.79 Å². The zero-order valence-electron chi connectivity index (χ0n) is 11.7.